The van der Waals surface area contributed by atoms with E-state index in [9.17, 15) is 0 Å². The summed E-state index contributed by atoms with van der Waals surface area (Å²) in [4.78, 5) is 12.8. The van der Waals surface area contributed by atoms with Crippen LogP contribution >= 0.6 is 11.3 Å². The van der Waals surface area contributed by atoms with Crippen molar-refractivity contribution in [1.29, 1.82) is 0 Å². The molecule has 4 heteroatoms. The van der Waals surface area contributed by atoms with Gasteiger partial charge in [0.1, 0.15) is 5.01 Å². The summed E-state index contributed by atoms with van der Waals surface area (Å²) in [5, 5.41) is 1.02. The summed E-state index contributed by atoms with van der Waals surface area (Å²) in [6.07, 6.45) is 7.74. The lowest BCUT2D eigenvalue weighted by Gasteiger charge is -2.34. The second-order valence-corrected chi connectivity index (χ2v) is 7.84. The maximum atomic E-state index is 4.61. The third-order valence-corrected chi connectivity index (χ3v) is 5.50. The minimum atomic E-state index is 0.684. The first-order chi connectivity index (χ1) is 10.6. The van der Waals surface area contributed by atoms with E-state index in [1.807, 2.05) is 12.4 Å². The second-order valence-electron chi connectivity index (χ2n) is 6.60. The number of nitrogens with zero attached hydrogens (tertiary/aromatic N) is 3. The van der Waals surface area contributed by atoms with E-state index >= 15 is 0 Å². The molecule has 0 N–H and O–H groups in total. The van der Waals surface area contributed by atoms with Gasteiger partial charge in [0.15, 0.2) is 0 Å². The van der Waals surface area contributed by atoms with E-state index in [1.54, 1.807) is 11.3 Å². The summed E-state index contributed by atoms with van der Waals surface area (Å²) in [6, 6.07) is 5.04. The maximum Gasteiger partial charge on any atom is 0.142 e. The molecule has 1 fully saturated rings. The monoisotopic (exact) mass is 315 g/mol. The normalized spacial score (nSPS) is 17.3. The predicted octanol–water partition coefficient (Wildman–Crippen LogP) is 4.18. The molecular formula is C18H25N3S. The number of rotatable bonds is 4. The van der Waals surface area contributed by atoms with Crippen LogP contribution in [0.1, 0.15) is 37.1 Å². The minimum Gasteiger partial charge on any atom is -0.301 e. The van der Waals surface area contributed by atoms with E-state index in [0.29, 0.717) is 6.04 Å². The van der Waals surface area contributed by atoms with Crippen LogP contribution in [0, 0.1) is 12.8 Å². The van der Waals surface area contributed by atoms with Gasteiger partial charge in [0.05, 0.1) is 5.69 Å². The molecule has 1 aliphatic rings. The van der Waals surface area contributed by atoms with Crippen molar-refractivity contribution < 1.29 is 0 Å². The molecule has 0 saturated carbocycles. The molecule has 0 bridgehead atoms. The van der Waals surface area contributed by atoms with Gasteiger partial charge in [-0.2, -0.15) is 0 Å². The van der Waals surface area contributed by atoms with Gasteiger partial charge < -0.3 is 4.90 Å². The van der Waals surface area contributed by atoms with Gasteiger partial charge in [0.2, 0.25) is 0 Å². The topological polar surface area (TPSA) is 29.0 Å². The van der Waals surface area contributed by atoms with Crippen molar-refractivity contribution in [3.8, 4) is 10.7 Å². The summed E-state index contributed by atoms with van der Waals surface area (Å²) in [5.74, 6) is 0.810. The van der Waals surface area contributed by atoms with Crippen LogP contribution in [0.3, 0.4) is 0 Å². The van der Waals surface area contributed by atoms with Gasteiger partial charge in [-0.15, -0.1) is 11.3 Å². The van der Waals surface area contributed by atoms with Crippen LogP contribution in [0.25, 0.3) is 10.7 Å². The number of piperidine rings is 1. The molecule has 2 aromatic rings. The fraction of sp³-hybridized carbons (Fsp3) is 0.556. The Kier molecular flexibility index (Phi) is 4.89. The van der Waals surface area contributed by atoms with Crippen LogP contribution < -0.4 is 0 Å². The fourth-order valence-corrected chi connectivity index (χ4v) is 3.89. The van der Waals surface area contributed by atoms with Crippen LogP contribution in [-0.4, -0.2) is 34.0 Å². The average Bonchev–Trinajstić information content (AvgIpc) is 2.95. The highest BCUT2D eigenvalue weighted by atomic mass is 32.1. The first-order valence-electron chi connectivity index (χ1n) is 8.23. The van der Waals surface area contributed by atoms with E-state index in [0.717, 1.165) is 23.0 Å². The zero-order chi connectivity index (χ0) is 15.5. The van der Waals surface area contributed by atoms with Crippen molar-refractivity contribution in [1.82, 2.24) is 14.9 Å². The number of aryl methyl sites for hydroxylation is 1. The predicted molar refractivity (Wildman–Crippen MR) is 93.2 cm³/mol. The van der Waals surface area contributed by atoms with Crippen LogP contribution in [0.5, 0.6) is 0 Å². The minimum absolute atomic E-state index is 0.684. The van der Waals surface area contributed by atoms with Crippen LogP contribution in [-0.2, 0) is 6.42 Å². The van der Waals surface area contributed by atoms with Crippen LogP contribution in [0.2, 0.25) is 0 Å². The number of thiazole rings is 1. The molecule has 22 heavy (non-hydrogen) atoms. The first-order valence-corrected chi connectivity index (χ1v) is 9.05. The number of aromatic nitrogens is 2. The summed E-state index contributed by atoms with van der Waals surface area (Å²) in [5.41, 5.74) is 2.36. The molecule has 3 heterocycles. The van der Waals surface area contributed by atoms with Crippen molar-refractivity contribution in [3.05, 3.63) is 35.0 Å². The number of hydrogen-bond donors (Lipinski definition) is 0. The van der Waals surface area contributed by atoms with E-state index in [1.165, 1.54) is 36.4 Å². The highest BCUT2D eigenvalue weighted by Crippen LogP contribution is 2.25. The van der Waals surface area contributed by atoms with Crippen molar-refractivity contribution in [2.24, 2.45) is 5.92 Å². The Balaban J connectivity index is 1.58. The molecule has 3 rings (SSSR count). The smallest absolute Gasteiger partial charge is 0.142 e. The molecule has 0 radical (unpaired) electrons. The molecule has 2 aromatic heterocycles. The third kappa shape index (κ3) is 3.73. The number of pyridine rings is 1. The molecule has 3 nitrogen and oxygen atoms in total. The number of likely N-dealkylation sites (tertiary alicyclic amines) is 1. The van der Waals surface area contributed by atoms with Gasteiger partial charge in [-0.25, -0.2) is 4.98 Å². The Bertz CT molecular complexity index is 595. The lowest BCUT2D eigenvalue weighted by atomic mass is 9.90. The Morgan fingerprint density at radius 3 is 2.50 bits per heavy atom. The van der Waals surface area contributed by atoms with Crippen molar-refractivity contribution in [3.63, 3.8) is 0 Å². The standard InChI is InChI=1S/C18H25N3S/c1-13(2)21-8-6-15(7-9-21)10-16-4-5-17(19-12-16)18-20-11-14(3)22-18/h4-5,11-13,15H,6-10H2,1-3H3. The largest absolute Gasteiger partial charge is 0.301 e. The van der Waals surface area contributed by atoms with E-state index in [-0.39, 0.29) is 0 Å². The van der Waals surface area contributed by atoms with Crippen molar-refractivity contribution >= 4 is 11.3 Å². The van der Waals surface area contributed by atoms with Gasteiger partial charge in [0, 0.05) is 23.3 Å². The molecule has 1 aliphatic heterocycles. The molecule has 0 amide bonds. The molecule has 118 valence electrons. The fourth-order valence-electron chi connectivity index (χ4n) is 3.15. The molecule has 1 saturated heterocycles. The highest BCUT2D eigenvalue weighted by molar-refractivity contribution is 7.14. The summed E-state index contributed by atoms with van der Waals surface area (Å²) < 4.78 is 0. The van der Waals surface area contributed by atoms with Gasteiger partial charge in [-0.3, -0.25) is 4.98 Å². The summed E-state index contributed by atoms with van der Waals surface area (Å²) in [7, 11) is 0. The lowest BCUT2D eigenvalue weighted by molar-refractivity contribution is 0.149. The molecule has 0 aromatic carbocycles. The Morgan fingerprint density at radius 2 is 1.95 bits per heavy atom. The lowest BCUT2D eigenvalue weighted by Crippen LogP contribution is -2.38. The first kappa shape index (κ1) is 15.6. The quantitative estimate of drug-likeness (QED) is 0.847. The summed E-state index contributed by atoms with van der Waals surface area (Å²) >= 11 is 1.71. The van der Waals surface area contributed by atoms with Gasteiger partial charge in [-0.05, 0) is 70.7 Å². The molecule has 0 atom stereocenters. The van der Waals surface area contributed by atoms with E-state index in [2.05, 4.69) is 47.8 Å². The highest BCUT2D eigenvalue weighted by Gasteiger charge is 2.21. The molecule has 0 unspecified atom stereocenters. The van der Waals surface area contributed by atoms with E-state index < -0.39 is 0 Å². The van der Waals surface area contributed by atoms with Crippen molar-refractivity contribution in [2.45, 2.75) is 46.1 Å². The second kappa shape index (κ2) is 6.88. The SMILES string of the molecule is Cc1cnc(-c2ccc(CC3CCN(C(C)C)CC3)cn2)s1. The molecule has 0 spiro atoms. The molecular weight excluding hydrogens is 290 g/mol. The Hall–Kier alpha value is -1.26. The summed E-state index contributed by atoms with van der Waals surface area (Å²) in [6.45, 7) is 9.16. The maximum absolute atomic E-state index is 4.61. The zero-order valence-corrected chi connectivity index (χ0v) is 14.6. The van der Waals surface area contributed by atoms with Gasteiger partial charge in [0.25, 0.3) is 0 Å². The Morgan fingerprint density at radius 1 is 1.18 bits per heavy atom. The van der Waals surface area contributed by atoms with Crippen molar-refractivity contribution in [2.75, 3.05) is 13.1 Å². The van der Waals surface area contributed by atoms with Crippen LogP contribution in [0.4, 0.5) is 0 Å². The van der Waals surface area contributed by atoms with Crippen LogP contribution in [0.15, 0.2) is 24.5 Å². The van der Waals surface area contributed by atoms with Gasteiger partial charge in [-0.1, -0.05) is 6.07 Å². The Labute approximate surface area is 137 Å². The molecule has 0 aliphatic carbocycles. The van der Waals surface area contributed by atoms with E-state index in [4.69, 9.17) is 0 Å². The third-order valence-electron chi connectivity index (χ3n) is 4.57. The average molecular weight is 315 g/mol. The van der Waals surface area contributed by atoms with Gasteiger partial charge >= 0.3 is 0 Å². The zero-order valence-electron chi connectivity index (χ0n) is 13.7. The number of hydrogen-bond acceptors (Lipinski definition) is 4.